The summed E-state index contributed by atoms with van der Waals surface area (Å²) in [5, 5.41) is 8.50. The van der Waals surface area contributed by atoms with Crippen molar-refractivity contribution >= 4 is 22.8 Å². The second kappa shape index (κ2) is 7.78. The molecule has 0 amide bonds. The Balaban J connectivity index is 1.14. The molecule has 0 saturated carbocycles. The lowest BCUT2D eigenvalue weighted by atomic mass is 10.0. The van der Waals surface area contributed by atoms with Gasteiger partial charge >= 0.3 is 0 Å². The second-order valence-electron chi connectivity index (χ2n) is 9.16. The number of hydrogen-bond acceptors (Lipinski definition) is 7. The lowest BCUT2D eigenvalue weighted by Crippen LogP contribution is -2.33. The first-order chi connectivity index (χ1) is 16.6. The van der Waals surface area contributed by atoms with Crippen LogP contribution < -0.4 is 10.1 Å². The number of halogens is 1. The van der Waals surface area contributed by atoms with Crippen LogP contribution in [-0.2, 0) is 22.6 Å². The van der Waals surface area contributed by atoms with E-state index in [1.165, 1.54) is 5.56 Å². The van der Waals surface area contributed by atoms with Gasteiger partial charge in [0.05, 0.1) is 46.9 Å². The minimum Gasteiger partial charge on any atom is -0.456 e. The van der Waals surface area contributed by atoms with Crippen LogP contribution in [0, 0.1) is 5.92 Å². The summed E-state index contributed by atoms with van der Waals surface area (Å²) < 4.78 is 19.7. The summed E-state index contributed by atoms with van der Waals surface area (Å²) >= 11 is 6.60. The number of nitrogens with one attached hydrogen (secondary N) is 2. The quantitative estimate of drug-likeness (QED) is 0.464. The highest BCUT2D eigenvalue weighted by molar-refractivity contribution is 6.33. The van der Waals surface area contributed by atoms with Crippen LogP contribution in [0.15, 0.2) is 36.5 Å². The highest BCUT2D eigenvalue weighted by Gasteiger charge is 2.47. The monoisotopic (exact) mass is 478 g/mol. The molecule has 3 aliphatic heterocycles. The van der Waals surface area contributed by atoms with E-state index in [2.05, 4.69) is 33.5 Å². The molecule has 4 atom stereocenters. The molecular formula is C24H23ClN6O3. The number of aromatic amines is 1. The zero-order valence-electron chi connectivity index (χ0n) is 18.5. The lowest BCUT2D eigenvalue weighted by Gasteiger charge is -2.15. The molecule has 174 valence electrons. The van der Waals surface area contributed by atoms with E-state index in [0.717, 1.165) is 35.6 Å². The van der Waals surface area contributed by atoms with Crippen LogP contribution in [0.2, 0.25) is 5.02 Å². The Morgan fingerprint density at radius 3 is 2.79 bits per heavy atom. The summed E-state index contributed by atoms with van der Waals surface area (Å²) in [5.74, 6) is 0.370. The molecule has 2 fully saturated rings. The van der Waals surface area contributed by atoms with Gasteiger partial charge in [0.2, 0.25) is 0 Å². The Kier molecular flexibility index (Phi) is 4.67. The predicted octanol–water partition coefficient (Wildman–Crippen LogP) is 3.25. The van der Waals surface area contributed by atoms with Gasteiger partial charge in [-0.3, -0.25) is 0 Å². The molecule has 0 spiro atoms. The first-order valence-electron chi connectivity index (χ1n) is 11.5. The molecule has 2 N–H and O–H groups in total. The van der Waals surface area contributed by atoms with Gasteiger partial charge in [-0.15, -0.1) is 0 Å². The molecule has 3 aromatic heterocycles. The van der Waals surface area contributed by atoms with E-state index in [0.29, 0.717) is 41.5 Å². The molecule has 0 bridgehead atoms. The van der Waals surface area contributed by atoms with Crippen LogP contribution >= 0.6 is 11.6 Å². The fraction of sp³-hybridized carbons (Fsp3) is 0.375. The summed E-state index contributed by atoms with van der Waals surface area (Å²) in [5.41, 5.74) is 6.17. The number of pyridine rings is 1. The average molecular weight is 479 g/mol. The zero-order valence-corrected chi connectivity index (χ0v) is 19.2. The fourth-order valence-corrected chi connectivity index (χ4v) is 5.28. The number of hydrogen-bond donors (Lipinski definition) is 2. The van der Waals surface area contributed by atoms with Crippen LogP contribution in [0.4, 0.5) is 0 Å². The van der Waals surface area contributed by atoms with Crippen molar-refractivity contribution in [3.05, 3.63) is 52.8 Å². The highest BCUT2D eigenvalue weighted by Crippen LogP contribution is 2.34. The Bertz CT molecular complexity index is 1360. The number of imidazole rings is 1. The highest BCUT2D eigenvalue weighted by atomic mass is 35.5. The topological polar surface area (TPSA) is 99.1 Å². The number of nitrogens with zero attached hydrogens (tertiary/aromatic N) is 4. The van der Waals surface area contributed by atoms with Crippen molar-refractivity contribution < 1.29 is 14.2 Å². The normalized spacial score (nSPS) is 25.7. The fourth-order valence-electron chi connectivity index (χ4n) is 5.02. The Morgan fingerprint density at radius 2 is 1.94 bits per heavy atom. The molecule has 34 heavy (non-hydrogen) atoms. The van der Waals surface area contributed by atoms with Crippen molar-refractivity contribution in [2.24, 2.45) is 5.92 Å². The van der Waals surface area contributed by atoms with Gasteiger partial charge in [-0.05, 0) is 18.2 Å². The molecule has 2 saturated heterocycles. The first kappa shape index (κ1) is 20.4. The summed E-state index contributed by atoms with van der Waals surface area (Å²) in [7, 11) is 0. The molecule has 9 nitrogen and oxygen atoms in total. The van der Waals surface area contributed by atoms with E-state index < -0.39 is 0 Å². The van der Waals surface area contributed by atoms with Gasteiger partial charge in [0.25, 0.3) is 6.01 Å². The van der Waals surface area contributed by atoms with Gasteiger partial charge < -0.3 is 24.5 Å². The standard InChI is InChI=1S/C24H23ClN6O3/c1-12-10-32-22-19(11-33-21(12)22)34-24-27-17-6-16(25)20(28-23(17)29-24)13-2-4-15(5-3-13)31-9-14-7-26-8-18(14)30-31/h2-6,9,12,19,21-22,26H,7-8,10-11H2,1H3,(H,27,28,29)/t12-,19-,21-,22-/m1/s1. The maximum absolute atomic E-state index is 6.60. The number of H-pyrrole nitrogens is 1. The van der Waals surface area contributed by atoms with Crippen LogP contribution in [0.5, 0.6) is 6.01 Å². The maximum Gasteiger partial charge on any atom is 0.296 e. The average Bonchev–Trinajstić information content (AvgIpc) is 3.62. The van der Waals surface area contributed by atoms with E-state index in [-0.39, 0.29) is 18.3 Å². The van der Waals surface area contributed by atoms with Crippen molar-refractivity contribution in [1.29, 1.82) is 0 Å². The number of aromatic nitrogens is 5. The van der Waals surface area contributed by atoms with Crippen LogP contribution in [-0.4, -0.2) is 56.3 Å². The van der Waals surface area contributed by atoms with Gasteiger partial charge in [0, 0.05) is 36.3 Å². The molecule has 0 radical (unpaired) electrons. The minimum atomic E-state index is -0.197. The van der Waals surface area contributed by atoms with E-state index in [4.69, 9.17) is 30.8 Å². The predicted molar refractivity (Wildman–Crippen MR) is 125 cm³/mol. The van der Waals surface area contributed by atoms with Crippen molar-refractivity contribution in [2.75, 3.05) is 13.2 Å². The van der Waals surface area contributed by atoms with E-state index >= 15 is 0 Å². The van der Waals surface area contributed by atoms with Crippen molar-refractivity contribution in [1.82, 2.24) is 30.0 Å². The van der Waals surface area contributed by atoms with Gasteiger partial charge in [-0.1, -0.05) is 30.7 Å². The minimum absolute atomic E-state index is 0.0685. The van der Waals surface area contributed by atoms with Crippen LogP contribution in [0.25, 0.3) is 28.1 Å². The number of fused-ring (bicyclic) bond motifs is 3. The summed E-state index contributed by atoms with van der Waals surface area (Å²) in [6, 6.07) is 10.3. The second-order valence-corrected chi connectivity index (χ2v) is 9.56. The van der Waals surface area contributed by atoms with E-state index in [9.17, 15) is 0 Å². The molecule has 0 unspecified atom stereocenters. The SMILES string of the molecule is C[C@@H]1CO[C@H]2[C@@H]1OC[C@H]2Oc1nc2nc(-c3ccc(-n4cc5c(n4)CNC5)cc3)c(Cl)cc2[nH]1. The van der Waals surface area contributed by atoms with E-state index in [1.807, 2.05) is 35.0 Å². The van der Waals surface area contributed by atoms with Crippen molar-refractivity contribution in [3.63, 3.8) is 0 Å². The van der Waals surface area contributed by atoms with Gasteiger partial charge in [-0.25, -0.2) is 9.67 Å². The molecule has 6 heterocycles. The Morgan fingerprint density at radius 1 is 1.09 bits per heavy atom. The van der Waals surface area contributed by atoms with Gasteiger partial charge in [0.15, 0.2) is 11.8 Å². The van der Waals surface area contributed by atoms with Crippen molar-refractivity contribution in [2.45, 2.75) is 38.3 Å². The van der Waals surface area contributed by atoms with Crippen LogP contribution in [0.1, 0.15) is 18.2 Å². The molecule has 0 aliphatic carbocycles. The summed E-state index contributed by atoms with van der Waals surface area (Å²) in [4.78, 5) is 12.4. The number of benzene rings is 1. The number of ether oxygens (including phenoxy) is 3. The maximum atomic E-state index is 6.60. The van der Waals surface area contributed by atoms with Gasteiger partial charge in [-0.2, -0.15) is 10.1 Å². The van der Waals surface area contributed by atoms with E-state index in [1.54, 1.807) is 0 Å². The summed E-state index contributed by atoms with van der Waals surface area (Å²) in [6.07, 6.45) is 1.89. The lowest BCUT2D eigenvalue weighted by molar-refractivity contribution is 0.0262. The third kappa shape index (κ3) is 3.31. The smallest absolute Gasteiger partial charge is 0.296 e. The molecule has 3 aliphatic rings. The molecule has 7 rings (SSSR count). The summed E-state index contributed by atoms with van der Waals surface area (Å²) in [6.45, 7) is 4.99. The molecule has 4 aromatic rings. The third-order valence-corrected chi connectivity index (χ3v) is 7.10. The third-order valence-electron chi connectivity index (χ3n) is 6.81. The zero-order chi connectivity index (χ0) is 22.8. The first-order valence-corrected chi connectivity index (χ1v) is 11.9. The molecular weight excluding hydrogens is 456 g/mol. The number of rotatable bonds is 4. The van der Waals surface area contributed by atoms with Crippen molar-refractivity contribution in [3.8, 4) is 23.0 Å². The van der Waals surface area contributed by atoms with Crippen LogP contribution in [0.3, 0.4) is 0 Å². The molecule has 1 aromatic carbocycles. The Hall–Kier alpha value is -2.98. The largest absolute Gasteiger partial charge is 0.456 e. The Labute approximate surface area is 200 Å². The molecule has 10 heteroatoms. The van der Waals surface area contributed by atoms with Gasteiger partial charge in [0.1, 0.15) is 6.10 Å².